The third-order valence-electron chi connectivity index (χ3n) is 3.34. The summed E-state index contributed by atoms with van der Waals surface area (Å²) in [4.78, 5) is 26.5. The summed E-state index contributed by atoms with van der Waals surface area (Å²) < 4.78 is 5.29. The van der Waals surface area contributed by atoms with Crippen molar-refractivity contribution in [1.29, 1.82) is 0 Å². The molecule has 1 atom stereocenters. The lowest BCUT2D eigenvalue weighted by molar-refractivity contribution is -0.132. The molecule has 6 heteroatoms. The number of thioether (sulfide) groups is 1. The zero-order valence-electron chi connectivity index (χ0n) is 13.9. The molecule has 1 aliphatic heterocycles. The summed E-state index contributed by atoms with van der Waals surface area (Å²) in [6, 6.07) is 9.09. The van der Waals surface area contributed by atoms with Gasteiger partial charge >= 0.3 is 6.09 Å². The fourth-order valence-electron chi connectivity index (χ4n) is 2.31. The number of rotatable bonds is 4. The van der Waals surface area contributed by atoms with E-state index in [1.165, 1.54) is 0 Å². The van der Waals surface area contributed by atoms with E-state index < -0.39 is 17.7 Å². The minimum Gasteiger partial charge on any atom is -0.444 e. The van der Waals surface area contributed by atoms with Crippen LogP contribution in [0.2, 0.25) is 0 Å². The maximum absolute atomic E-state index is 12.7. The number of alkyl carbamates (subject to hydrolysis) is 1. The van der Waals surface area contributed by atoms with E-state index in [1.54, 1.807) is 37.4 Å². The highest BCUT2D eigenvalue weighted by molar-refractivity contribution is 7.99. The van der Waals surface area contributed by atoms with Gasteiger partial charge in [-0.1, -0.05) is 30.3 Å². The second-order valence-electron chi connectivity index (χ2n) is 6.53. The van der Waals surface area contributed by atoms with Crippen molar-refractivity contribution in [2.45, 2.75) is 38.8 Å². The Hall–Kier alpha value is -1.69. The second kappa shape index (κ2) is 7.73. The van der Waals surface area contributed by atoms with Gasteiger partial charge in [-0.05, 0) is 26.3 Å². The van der Waals surface area contributed by atoms with Crippen LogP contribution in [0.1, 0.15) is 26.3 Å². The Bertz CT molecular complexity index is 537. The van der Waals surface area contributed by atoms with Gasteiger partial charge < -0.3 is 15.0 Å². The molecule has 1 aromatic carbocycles. The van der Waals surface area contributed by atoms with Crippen molar-refractivity contribution in [3.05, 3.63) is 35.9 Å². The Labute approximate surface area is 141 Å². The van der Waals surface area contributed by atoms with Crippen molar-refractivity contribution in [2.24, 2.45) is 0 Å². The summed E-state index contributed by atoms with van der Waals surface area (Å²) in [6.45, 7) is 6.14. The predicted molar refractivity (Wildman–Crippen MR) is 92.3 cm³/mol. The van der Waals surface area contributed by atoms with Crippen LogP contribution in [0.4, 0.5) is 4.79 Å². The van der Waals surface area contributed by atoms with Gasteiger partial charge in [0.25, 0.3) is 0 Å². The molecule has 0 aromatic heterocycles. The van der Waals surface area contributed by atoms with Gasteiger partial charge in [-0.15, -0.1) is 11.8 Å². The van der Waals surface area contributed by atoms with Gasteiger partial charge in [-0.2, -0.15) is 0 Å². The molecule has 23 heavy (non-hydrogen) atoms. The van der Waals surface area contributed by atoms with Gasteiger partial charge in [-0.25, -0.2) is 4.79 Å². The average Bonchev–Trinajstić information content (AvgIpc) is 2.99. The normalized spacial score (nSPS) is 16.0. The minimum atomic E-state index is -0.606. The standard InChI is InChI=1S/C17H24N2O3S/c1-17(2,3)22-16(21)18-14(11-13-7-5-4-6-8-13)15(20)19-9-10-23-12-19/h4-8,14H,9-12H2,1-3H3,(H,18,21). The third kappa shape index (κ3) is 5.78. The van der Waals surface area contributed by atoms with Crippen molar-refractivity contribution < 1.29 is 14.3 Å². The number of ether oxygens (including phenoxy) is 1. The highest BCUT2D eigenvalue weighted by Gasteiger charge is 2.29. The molecule has 126 valence electrons. The molecular formula is C17H24N2O3S. The zero-order chi connectivity index (χ0) is 16.9. The maximum atomic E-state index is 12.7. The SMILES string of the molecule is CC(C)(C)OC(=O)NC(Cc1ccccc1)C(=O)N1CCSC1. The van der Waals surface area contributed by atoms with Crippen molar-refractivity contribution >= 4 is 23.8 Å². The Morgan fingerprint density at radius 1 is 1.30 bits per heavy atom. The molecule has 1 saturated heterocycles. The molecular weight excluding hydrogens is 312 g/mol. The number of hydrogen-bond donors (Lipinski definition) is 1. The molecule has 5 nitrogen and oxygen atoms in total. The van der Waals surface area contributed by atoms with E-state index >= 15 is 0 Å². The molecule has 0 aliphatic carbocycles. The highest BCUT2D eigenvalue weighted by Crippen LogP contribution is 2.16. The molecule has 0 bridgehead atoms. The number of benzene rings is 1. The van der Waals surface area contributed by atoms with E-state index in [1.807, 2.05) is 30.3 Å². The molecule has 1 aromatic rings. The van der Waals surface area contributed by atoms with Crippen LogP contribution in [-0.2, 0) is 16.0 Å². The van der Waals surface area contributed by atoms with E-state index in [0.717, 1.165) is 17.9 Å². The largest absolute Gasteiger partial charge is 0.444 e. The average molecular weight is 336 g/mol. The Morgan fingerprint density at radius 3 is 2.57 bits per heavy atom. The summed E-state index contributed by atoms with van der Waals surface area (Å²) in [6.07, 6.45) is -0.0984. The van der Waals surface area contributed by atoms with Crippen LogP contribution in [0.3, 0.4) is 0 Å². The van der Waals surface area contributed by atoms with Gasteiger partial charge in [0, 0.05) is 18.7 Å². The monoisotopic (exact) mass is 336 g/mol. The smallest absolute Gasteiger partial charge is 0.408 e. The molecule has 2 amide bonds. The van der Waals surface area contributed by atoms with Crippen molar-refractivity contribution in [1.82, 2.24) is 10.2 Å². The molecule has 1 aliphatic rings. The van der Waals surface area contributed by atoms with Gasteiger partial charge in [-0.3, -0.25) is 4.79 Å². The van der Waals surface area contributed by atoms with Crippen LogP contribution in [0.15, 0.2) is 30.3 Å². The highest BCUT2D eigenvalue weighted by atomic mass is 32.2. The van der Waals surface area contributed by atoms with Gasteiger partial charge in [0.05, 0.1) is 5.88 Å². The van der Waals surface area contributed by atoms with Crippen LogP contribution in [0.5, 0.6) is 0 Å². The topological polar surface area (TPSA) is 58.6 Å². The van der Waals surface area contributed by atoms with Gasteiger partial charge in [0.15, 0.2) is 0 Å². The van der Waals surface area contributed by atoms with Crippen LogP contribution in [0.25, 0.3) is 0 Å². The molecule has 0 saturated carbocycles. The Morgan fingerprint density at radius 2 is 2.00 bits per heavy atom. The predicted octanol–water partition coefficient (Wildman–Crippen LogP) is 2.66. The van der Waals surface area contributed by atoms with E-state index in [9.17, 15) is 9.59 Å². The van der Waals surface area contributed by atoms with E-state index in [2.05, 4.69) is 5.32 Å². The number of hydrogen-bond acceptors (Lipinski definition) is 4. The van der Waals surface area contributed by atoms with E-state index in [-0.39, 0.29) is 5.91 Å². The quantitative estimate of drug-likeness (QED) is 0.918. The number of amides is 2. The van der Waals surface area contributed by atoms with Gasteiger partial charge in [0.2, 0.25) is 5.91 Å². The minimum absolute atomic E-state index is 0.0512. The summed E-state index contributed by atoms with van der Waals surface area (Å²) in [7, 11) is 0. The fraction of sp³-hybridized carbons (Fsp3) is 0.529. The molecule has 1 unspecified atom stereocenters. The first kappa shape index (κ1) is 17.7. The molecule has 1 fully saturated rings. The molecule has 2 rings (SSSR count). The summed E-state index contributed by atoms with van der Waals surface area (Å²) in [5.41, 5.74) is 0.419. The lowest BCUT2D eigenvalue weighted by Crippen LogP contribution is -2.50. The lowest BCUT2D eigenvalue weighted by atomic mass is 10.1. The third-order valence-corrected chi connectivity index (χ3v) is 4.30. The summed E-state index contributed by atoms with van der Waals surface area (Å²) in [5, 5.41) is 2.74. The van der Waals surface area contributed by atoms with Crippen LogP contribution >= 0.6 is 11.8 Å². The number of carbonyl (C=O) groups is 2. The number of carbonyl (C=O) groups excluding carboxylic acids is 2. The van der Waals surface area contributed by atoms with Crippen molar-refractivity contribution in [3.63, 3.8) is 0 Å². The van der Waals surface area contributed by atoms with Crippen LogP contribution in [0, 0.1) is 0 Å². The summed E-state index contributed by atoms with van der Waals surface area (Å²) >= 11 is 1.72. The summed E-state index contributed by atoms with van der Waals surface area (Å²) in [5.74, 6) is 1.57. The molecule has 1 N–H and O–H groups in total. The number of nitrogens with one attached hydrogen (secondary N) is 1. The Balaban J connectivity index is 2.07. The molecule has 1 heterocycles. The van der Waals surface area contributed by atoms with Gasteiger partial charge in [0.1, 0.15) is 11.6 Å². The first-order chi connectivity index (χ1) is 10.8. The first-order valence-corrected chi connectivity index (χ1v) is 8.90. The van der Waals surface area contributed by atoms with E-state index in [0.29, 0.717) is 12.3 Å². The number of nitrogens with zero attached hydrogens (tertiary/aromatic N) is 1. The fourth-order valence-corrected chi connectivity index (χ4v) is 3.26. The molecule has 0 radical (unpaired) electrons. The second-order valence-corrected chi connectivity index (χ2v) is 7.60. The van der Waals surface area contributed by atoms with E-state index in [4.69, 9.17) is 4.74 Å². The lowest BCUT2D eigenvalue weighted by Gasteiger charge is -2.26. The molecule has 0 spiro atoms. The van der Waals surface area contributed by atoms with Crippen molar-refractivity contribution in [2.75, 3.05) is 18.2 Å². The Kier molecular flexibility index (Phi) is 5.93. The zero-order valence-corrected chi connectivity index (χ0v) is 14.7. The van der Waals surface area contributed by atoms with Crippen LogP contribution < -0.4 is 5.32 Å². The first-order valence-electron chi connectivity index (χ1n) is 7.75. The van der Waals surface area contributed by atoms with Crippen LogP contribution in [-0.4, -0.2) is 46.7 Å². The maximum Gasteiger partial charge on any atom is 0.408 e. The van der Waals surface area contributed by atoms with Crippen molar-refractivity contribution in [3.8, 4) is 0 Å².